The van der Waals surface area contributed by atoms with E-state index in [1.54, 1.807) is 0 Å². The van der Waals surface area contributed by atoms with Gasteiger partial charge in [-0.3, -0.25) is 9.69 Å². The normalized spacial score (nSPS) is 9.64. The number of hydrogen-bond donors (Lipinski definition) is 1. The average Bonchev–Trinajstić information content (AvgIpc) is 2.07. The highest BCUT2D eigenvalue weighted by Gasteiger charge is 2.17. The molecule has 0 amide bonds. The van der Waals surface area contributed by atoms with Crippen molar-refractivity contribution < 1.29 is 14.7 Å². The zero-order valence-corrected chi connectivity index (χ0v) is 5.97. The van der Waals surface area contributed by atoms with Gasteiger partial charge in [0.05, 0.1) is 7.11 Å². The third kappa shape index (κ3) is 2.26. The van der Waals surface area contributed by atoms with Crippen LogP contribution >= 0.6 is 0 Å². The highest BCUT2D eigenvalue weighted by Crippen LogP contribution is 1.81. The van der Waals surface area contributed by atoms with Crippen LogP contribution in [-0.4, -0.2) is 29.2 Å². The summed E-state index contributed by atoms with van der Waals surface area (Å²) in [7, 11) is 0.189. The third-order valence-corrected chi connectivity index (χ3v) is 1.05. The maximum Gasteiger partial charge on any atom is 0.526 e. The molecule has 1 N–H and O–H groups in total. The van der Waals surface area contributed by atoms with E-state index in [2.05, 4.69) is 19.7 Å². The summed E-state index contributed by atoms with van der Waals surface area (Å²) < 4.78 is 0. The first kappa shape index (κ1) is 8.12. The Morgan fingerprint density at radius 3 is 2.64 bits per heavy atom. The second-order valence-electron chi connectivity index (χ2n) is 1.79. The molecule has 1 heterocycles. The zero-order valence-electron chi connectivity index (χ0n) is 5.97. The maximum absolute atomic E-state index is 9.09. The Bertz CT molecular complexity index is 208. The van der Waals surface area contributed by atoms with Crippen molar-refractivity contribution in [1.82, 2.24) is 9.97 Å². The topological polar surface area (TPSA) is 64.5 Å². The average molecular weight is 154 g/mol. The van der Waals surface area contributed by atoms with Gasteiger partial charge in [0.1, 0.15) is 6.33 Å². The van der Waals surface area contributed by atoms with E-state index in [1.807, 2.05) is 0 Å². The van der Waals surface area contributed by atoms with Crippen LogP contribution in [0.2, 0.25) is 0 Å². The molecular formula is C5H7BN2O3. The van der Waals surface area contributed by atoms with Gasteiger partial charge in [0.15, 0.2) is 0 Å². The lowest BCUT2D eigenvalue weighted by atomic mass is 9.83. The molecule has 0 spiro atoms. The van der Waals surface area contributed by atoms with Crippen molar-refractivity contribution in [1.29, 1.82) is 0 Å². The summed E-state index contributed by atoms with van der Waals surface area (Å²) in [6.45, 7) is 0. The van der Waals surface area contributed by atoms with E-state index < -0.39 is 7.12 Å². The van der Waals surface area contributed by atoms with Gasteiger partial charge < -0.3 is 5.02 Å². The van der Waals surface area contributed by atoms with Crippen molar-refractivity contribution >= 4 is 12.6 Å². The number of aromatic nitrogens is 2. The second-order valence-corrected chi connectivity index (χ2v) is 1.79. The van der Waals surface area contributed by atoms with Crippen molar-refractivity contribution in [2.75, 3.05) is 7.11 Å². The number of nitrogens with zero attached hydrogens (tertiary/aromatic N) is 2. The first-order valence-corrected chi connectivity index (χ1v) is 2.97. The van der Waals surface area contributed by atoms with Gasteiger partial charge in [-0.1, -0.05) is 0 Å². The Balaban J connectivity index is 2.61. The minimum atomic E-state index is -1.12. The van der Waals surface area contributed by atoms with Crippen LogP contribution in [0, 0.1) is 0 Å². The quantitative estimate of drug-likeness (QED) is 0.334. The zero-order chi connectivity index (χ0) is 8.10. The molecule has 1 aromatic heterocycles. The lowest BCUT2D eigenvalue weighted by Crippen LogP contribution is -2.33. The summed E-state index contributed by atoms with van der Waals surface area (Å²) in [6.07, 6.45) is 4.25. The molecule has 0 unspecified atom stereocenters. The van der Waals surface area contributed by atoms with Crippen LogP contribution in [0.1, 0.15) is 0 Å². The molecule has 0 aromatic carbocycles. The summed E-state index contributed by atoms with van der Waals surface area (Å²) in [5, 5.41) is 9.09. The fourth-order valence-electron chi connectivity index (χ4n) is 0.585. The molecule has 0 saturated heterocycles. The van der Waals surface area contributed by atoms with Gasteiger partial charge >= 0.3 is 7.12 Å². The Morgan fingerprint density at radius 1 is 1.45 bits per heavy atom. The van der Waals surface area contributed by atoms with Gasteiger partial charge in [-0.25, -0.2) is 9.97 Å². The minimum absolute atomic E-state index is 0.453. The first-order valence-electron chi connectivity index (χ1n) is 2.97. The summed E-state index contributed by atoms with van der Waals surface area (Å²) in [5.74, 6) is 0. The predicted molar refractivity (Wildman–Crippen MR) is 37.7 cm³/mol. The molecule has 1 rings (SSSR count). The molecule has 1 aromatic rings. The van der Waals surface area contributed by atoms with E-state index in [4.69, 9.17) is 5.02 Å². The minimum Gasteiger partial charge on any atom is -0.422 e. The van der Waals surface area contributed by atoms with Crippen LogP contribution in [0.4, 0.5) is 0 Å². The van der Waals surface area contributed by atoms with Gasteiger partial charge in [-0.15, -0.1) is 0 Å². The molecule has 0 aliphatic carbocycles. The Hall–Kier alpha value is -0.975. The summed E-state index contributed by atoms with van der Waals surface area (Å²) in [6, 6.07) is 0. The standard InChI is InChI=1S/C5H7BN2O3/c1-10-11-6(9)5-2-7-4-8-3-5/h2-4,9H,1H3. The van der Waals surface area contributed by atoms with Crippen LogP contribution < -0.4 is 5.46 Å². The molecular weight excluding hydrogens is 147 g/mol. The fraction of sp³-hybridized carbons (Fsp3) is 0.200. The summed E-state index contributed by atoms with van der Waals surface area (Å²) >= 11 is 0. The fourth-order valence-corrected chi connectivity index (χ4v) is 0.585. The second kappa shape index (κ2) is 4.02. The molecule has 58 valence electrons. The Labute approximate surface area is 64.1 Å². The van der Waals surface area contributed by atoms with Gasteiger partial charge in [0, 0.05) is 17.9 Å². The monoisotopic (exact) mass is 154 g/mol. The van der Waals surface area contributed by atoms with E-state index in [1.165, 1.54) is 25.8 Å². The number of hydrogen-bond acceptors (Lipinski definition) is 5. The van der Waals surface area contributed by atoms with Crippen molar-refractivity contribution in [3.63, 3.8) is 0 Å². The van der Waals surface area contributed by atoms with E-state index in [-0.39, 0.29) is 0 Å². The molecule has 0 saturated carbocycles. The van der Waals surface area contributed by atoms with Crippen molar-refractivity contribution in [3.8, 4) is 0 Å². The lowest BCUT2D eigenvalue weighted by Gasteiger charge is -2.01. The van der Waals surface area contributed by atoms with E-state index in [9.17, 15) is 0 Å². The van der Waals surface area contributed by atoms with Crippen LogP contribution in [0.25, 0.3) is 0 Å². The van der Waals surface area contributed by atoms with Gasteiger partial charge in [-0.05, 0) is 0 Å². The van der Waals surface area contributed by atoms with Crippen LogP contribution in [0.3, 0.4) is 0 Å². The van der Waals surface area contributed by atoms with Crippen LogP contribution in [0.5, 0.6) is 0 Å². The molecule has 0 fully saturated rings. The van der Waals surface area contributed by atoms with Crippen molar-refractivity contribution in [2.24, 2.45) is 0 Å². The Kier molecular flexibility index (Phi) is 2.97. The highest BCUT2D eigenvalue weighted by molar-refractivity contribution is 6.59. The smallest absolute Gasteiger partial charge is 0.422 e. The third-order valence-electron chi connectivity index (χ3n) is 1.05. The van der Waals surface area contributed by atoms with Crippen molar-refractivity contribution in [3.05, 3.63) is 18.7 Å². The molecule has 0 bridgehead atoms. The summed E-state index contributed by atoms with van der Waals surface area (Å²) in [5.41, 5.74) is 0.453. The van der Waals surface area contributed by atoms with E-state index in [0.717, 1.165) is 0 Å². The largest absolute Gasteiger partial charge is 0.526 e. The van der Waals surface area contributed by atoms with Crippen LogP contribution in [-0.2, 0) is 9.69 Å². The predicted octanol–water partition coefficient (Wildman–Crippen LogP) is -1.26. The van der Waals surface area contributed by atoms with E-state index in [0.29, 0.717) is 5.46 Å². The molecule has 0 aliphatic rings. The molecule has 6 heteroatoms. The Morgan fingerprint density at radius 2 is 2.09 bits per heavy atom. The first-order chi connectivity index (χ1) is 5.34. The lowest BCUT2D eigenvalue weighted by molar-refractivity contribution is -0.193. The molecule has 11 heavy (non-hydrogen) atoms. The van der Waals surface area contributed by atoms with Gasteiger partial charge in [0.2, 0.25) is 0 Å². The summed E-state index contributed by atoms with van der Waals surface area (Å²) in [4.78, 5) is 16.0. The SMILES string of the molecule is COOB(O)c1cncnc1. The molecule has 0 radical (unpaired) electrons. The van der Waals surface area contributed by atoms with Crippen molar-refractivity contribution in [2.45, 2.75) is 0 Å². The molecule has 0 atom stereocenters. The number of rotatable bonds is 3. The van der Waals surface area contributed by atoms with Gasteiger partial charge in [0.25, 0.3) is 0 Å². The van der Waals surface area contributed by atoms with Gasteiger partial charge in [-0.2, -0.15) is 0 Å². The van der Waals surface area contributed by atoms with Crippen LogP contribution in [0.15, 0.2) is 18.7 Å². The van der Waals surface area contributed by atoms with E-state index >= 15 is 0 Å². The molecule has 0 aliphatic heterocycles. The highest BCUT2D eigenvalue weighted by atomic mass is 17.2. The molecule has 5 nitrogen and oxygen atoms in total. The maximum atomic E-state index is 9.09.